The number of nitrogens with two attached hydrogens (primary N) is 3. The molecule has 1 heterocycles. The summed E-state index contributed by atoms with van der Waals surface area (Å²) >= 11 is 0. The molecule has 0 saturated heterocycles. The number of benzene rings is 2. The first-order chi connectivity index (χ1) is 25.3. The zero-order valence-electron chi connectivity index (χ0n) is 30.4. The van der Waals surface area contributed by atoms with E-state index < -0.39 is 59.7 Å². The Bertz CT molecular complexity index is 1740. The molecule has 0 bridgehead atoms. The maximum absolute atomic E-state index is 13.9. The molecule has 1 unspecified atom stereocenters. The molecule has 0 aliphatic carbocycles. The fourth-order valence-corrected chi connectivity index (χ4v) is 5.72. The fourth-order valence-electron chi connectivity index (χ4n) is 5.72. The lowest BCUT2D eigenvalue weighted by Gasteiger charge is -2.26. The van der Waals surface area contributed by atoms with Crippen LogP contribution in [0.15, 0.2) is 65.8 Å². The smallest absolute Gasteiger partial charge is 0.243 e. The Morgan fingerprint density at radius 3 is 1.94 bits per heavy atom. The van der Waals surface area contributed by atoms with Crippen molar-refractivity contribution in [3.05, 3.63) is 71.9 Å². The average molecular weight is 733 g/mol. The van der Waals surface area contributed by atoms with Gasteiger partial charge in [-0.1, -0.05) is 68.3 Å². The number of para-hydroxylation sites is 1. The molecule has 5 atom stereocenters. The predicted octanol–water partition coefficient (Wildman–Crippen LogP) is 0.146. The van der Waals surface area contributed by atoms with Gasteiger partial charge in [-0.15, -0.1) is 0 Å². The number of aromatic amines is 1. The molecule has 12 N–H and O–H groups in total. The van der Waals surface area contributed by atoms with Crippen molar-refractivity contribution >= 4 is 52.3 Å². The topological polar surface area (TPSA) is 269 Å². The number of hydrogen-bond donors (Lipinski definition) is 9. The van der Waals surface area contributed by atoms with Gasteiger partial charge in [0.25, 0.3) is 0 Å². The van der Waals surface area contributed by atoms with Crippen molar-refractivity contribution in [2.45, 2.75) is 95.9 Å². The molecular formula is C37H52N10O6. The quantitative estimate of drug-likeness (QED) is 0.0412. The highest BCUT2D eigenvalue weighted by atomic mass is 16.2. The minimum atomic E-state index is -1.17. The highest BCUT2D eigenvalue weighted by molar-refractivity contribution is 5.96. The van der Waals surface area contributed by atoms with E-state index in [9.17, 15) is 28.8 Å². The van der Waals surface area contributed by atoms with Crippen LogP contribution >= 0.6 is 0 Å². The summed E-state index contributed by atoms with van der Waals surface area (Å²) < 4.78 is 0. The molecule has 0 aliphatic heterocycles. The third-order valence-electron chi connectivity index (χ3n) is 8.55. The lowest BCUT2D eigenvalue weighted by Crippen LogP contribution is -2.59. The Morgan fingerprint density at radius 2 is 1.28 bits per heavy atom. The summed E-state index contributed by atoms with van der Waals surface area (Å²) in [5, 5.41) is 14.3. The van der Waals surface area contributed by atoms with Crippen molar-refractivity contribution in [3.8, 4) is 0 Å². The second-order valence-corrected chi connectivity index (χ2v) is 12.9. The number of primary amides is 1. The van der Waals surface area contributed by atoms with Gasteiger partial charge in [0, 0.05) is 43.4 Å². The summed E-state index contributed by atoms with van der Waals surface area (Å²) in [6.07, 6.45) is 4.13. The Labute approximate surface area is 308 Å². The van der Waals surface area contributed by atoms with Gasteiger partial charge in [0.15, 0.2) is 5.96 Å². The molecule has 3 rings (SSSR count). The lowest BCUT2D eigenvalue weighted by atomic mass is 10.0. The van der Waals surface area contributed by atoms with Gasteiger partial charge >= 0.3 is 0 Å². The number of nitrogens with zero attached hydrogens (tertiary/aromatic N) is 1. The van der Waals surface area contributed by atoms with Crippen LogP contribution in [0.25, 0.3) is 10.9 Å². The first-order valence-corrected chi connectivity index (χ1v) is 17.7. The number of aromatic nitrogens is 1. The van der Waals surface area contributed by atoms with E-state index in [1.807, 2.05) is 37.3 Å². The zero-order valence-corrected chi connectivity index (χ0v) is 30.4. The number of rotatable bonds is 21. The van der Waals surface area contributed by atoms with Crippen LogP contribution in [-0.2, 0) is 41.6 Å². The van der Waals surface area contributed by atoms with E-state index in [0.29, 0.717) is 12.8 Å². The number of unbranched alkanes of at least 4 members (excludes halogenated alkanes) is 1. The van der Waals surface area contributed by atoms with Crippen LogP contribution in [0, 0.1) is 0 Å². The van der Waals surface area contributed by atoms with Crippen molar-refractivity contribution in [2.24, 2.45) is 22.2 Å². The molecule has 2 aromatic carbocycles. The Balaban J connectivity index is 1.77. The number of carbonyl (C=O) groups is 6. The fraction of sp³-hybridized carbons (Fsp3) is 0.432. The Hall–Kier alpha value is -5.93. The van der Waals surface area contributed by atoms with Gasteiger partial charge in [-0.3, -0.25) is 33.8 Å². The number of hydrogen-bond acceptors (Lipinski definition) is 7. The molecule has 3 aromatic rings. The Morgan fingerprint density at radius 1 is 0.698 bits per heavy atom. The van der Waals surface area contributed by atoms with E-state index in [-0.39, 0.29) is 44.1 Å². The first kappa shape index (κ1) is 41.5. The van der Waals surface area contributed by atoms with E-state index in [4.69, 9.17) is 17.2 Å². The van der Waals surface area contributed by atoms with Gasteiger partial charge in [-0.05, 0) is 43.4 Å². The van der Waals surface area contributed by atoms with E-state index in [1.165, 1.54) is 13.8 Å². The largest absolute Gasteiger partial charge is 0.370 e. The molecule has 6 amide bonds. The maximum Gasteiger partial charge on any atom is 0.243 e. The molecular weight excluding hydrogens is 680 g/mol. The molecule has 0 aliphatic rings. The average Bonchev–Trinajstić information content (AvgIpc) is 3.53. The normalized spacial score (nSPS) is 13.7. The molecule has 0 fully saturated rings. The molecule has 0 radical (unpaired) electrons. The zero-order chi connectivity index (χ0) is 38.9. The number of H-pyrrole nitrogens is 1. The second-order valence-electron chi connectivity index (χ2n) is 12.9. The van der Waals surface area contributed by atoms with Crippen LogP contribution in [0.2, 0.25) is 0 Å². The molecule has 0 saturated carbocycles. The van der Waals surface area contributed by atoms with Crippen molar-refractivity contribution in [1.82, 2.24) is 31.6 Å². The molecule has 16 heteroatoms. The van der Waals surface area contributed by atoms with Crippen molar-refractivity contribution in [3.63, 3.8) is 0 Å². The summed E-state index contributed by atoms with van der Waals surface area (Å²) in [7, 11) is 0. The SMILES string of the molecule is CCCC[C@H](NC(C)=O)C(=O)N[C@H](Cc1ccccc1)C(=O)N[C@@H](CCCN=C(N)N)C(=O)NC(C)C(=O)N[C@@H](Cc1c[nH]c2ccccc12)C(N)=O. The number of fused-ring (bicyclic) bond motifs is 1. The number of guanidine groups is 1. The lowest BCUT2D eigenvalue weighted by molar-refractivity contribution is -0.134. The van der Waals surface area contributed by atoms with E-state index in [0.717, 1.165) is 28.5 Å². The summed E-state index contributed by atoms with van der Waals surface area (Å²) in [6.45, 7) is 4.86. The van der Waals surface area contributed by atoms with Crippen LogP contribution in [0.5, 0.6) is 0 Å². The van der Waals surface area contributed by atoms with Gasteiger partial charge < -0.3 is 48.8 Å². The van der Waals surface area contributed by atoms with Gasteiger partial charge in [-0.25, -0.2) is 0 Å². The van der Waals surface area contributed by atoms with E-state index in [2.05, 4.69) is 36.6 Å². The molecule has 1 aromatic heterocycles. The molecule has 16 nitrogen and oxygen atoms in total. The van der Waals surface area contributed by atoms with Gasteiger partial charge in [0.2, 0.25) is 35.4 Å². The third kappa shape index (κ3) is 13.6. The van der Waals surface area contributed by atoms with Crippen LogP contribution in [0.1, 0.15) is 64.0 Å². The highest BCUT2D eigenvalue weighted by Crippen LogP contribution is 2.19. The summed E-state index contributed by atoms with van der Waals surface area (Å²) in [5.74, 6) is -3.85. The van der Waals surface area contributed by atoms with E-state index >= 15 is 0 Å². The summed E-state index contributed by atoms with van der Waals surface area (Å²) in [4.78, 5) is 85.5. The third-order valence-corrected chi connectivity index (χ3v) is 8.55. The molecule has 286 valence electrons. The molecule has 0 spiro atoms. The first-order valence-electron chi connectivity index (χ1n) is 17.7. The van der Waals surface area contributed by atoms with E-state index in [1.54, 1.807) is 30.5 Å². The molecule has 53 heavy (non-hydrogen) atoms. The second kappa shape index (κ2) is 20.8. The predicted molar refractivity (Wildman–Crippen MR) is 202 cm³/mol. The van der Waals surface area contributed by atoms with Crippen LogP contribution in [0.3, 0.4) is 0 Å². The summed E-state index contributed by atoms with van der Waals surface area (Å²) in [6, 6.07) is 11.1. The van der Waals surface area contributed by atoms with Gasteiger partial charge in [0.1, 0.15) is 30.2 Å². The van der Waals surface area contributed by atoms with Crippen molar-refractivity contribution in [2.75, 3.05) is 6.54 Å². The monoisotopic (exact) mass is 732 g/mol. The number of aliphatic imine (C=N–C) groups is 1. The van der Waals surface area contributed by atoms with Crippen LogP contribution in [0.4, 0.5) is 0 Å². The standard InChI is InChI=1S/C37H52N10O6/c1-4-5-15-28(44-23(3)48)35(52)47-31(19-24-12-7-6-8-13-24)36(53)45-29(17-11-18-41-37(39)40)34(51)43-22(2)33(50)46-30(32(38)49)20-25-21-42-27-16-10-9-14-26(25)27/h6-10,12-14,16,21-22,28-31,42H,4-5,11,15,17-20H2,1-3H3,(H2,38,49)(H,43,51)(H,44,48)(H,45,53)(H,46,50)(H,47,52)(H4,39,40,41)/t22?,28-,29-,30-,31+/m0/s1. The highest BCUT2D eigenvalue weighted by Gasteiger charge is 2.31. The number of amides is 6. The summed E-state index contributed by atoms with van der Waals surface area (Å²) in [5.41, 5.74) is 18.9. The van der Waals surface area contributed by atoms with Crippen LogP contribution < -0.4 is 43.8 Å². The minimum absolute atomic E-state index is 0.0736. The Kier molecular flexibility index (Phi) is 16.3. The van der Waals surface area contributed by atoms with Crippen molar-refractivity contribution < 1.29 is 28.8 Å². The maximum atomic E-state index is 13.9. The number of nitrogens with one attached hydrogen (secondary N) is 6. The number of carbonyl (C=O) groups excluding carboxylic acids is 6. The van der Waals surface area contributed by atoms with Crippen LogP contribution in [-0.4, -0.2) is 83.1 Å². The van der Waals surface area contributed by atoms with Crippen molar-refractivity contribution in [1.29, 1.82) is 0 Å². The minimum Gasteiger partial charge on any atom is -0.370 e. The van der Waals surface area contributed by atoms with Gasteiger partial charge in [-0.2, -0.15) is 0 Å². The van der Waals surface area contributed by atoms with Gasteiger partial charge in [0.05, 0.1) is 0 Å².